The molecule has 0 fully saturated rings. The fraction of sp³-hybridized carbons (Fsp3) is 0.400. The molecule has 1 unspecified atom stereocenters. The zero-order valence-corrected chi connectivity index (χ0v) is 17.7. The van der Waals surface area contributed by atoms with E-state index in [0.717, 1.165) is 41.7 Å². The van der Waals surface area contributed by atoms with E-state index >= 15 is 0 Å². The number of hydrogen-bond donors (Lipinski definition) is 8. The first-order chi connectivity index (χ1) is 13.2. The average Bonchev–Trinajstić information content (AvgIpc) is 2.55. The van der Waals surface area contributed by atoms with Gasteiger partial charge in [-0.2, -0.15) is 0 Å². The monoisotopic (exact) mass is 455 g/mol. The molecule has 29 heavy (non-hydrogen) atoms. The van der Waals surface area contributed by atoms with Crippen LogP contribution in [0.2, 0.25) is 0 Å². The Morgan fingerprint density at radius 2 is 1.69 bits per heavy atom. The molecule has 0 aliphatic carbocycles. The van der Waals surface area contributed by atoms with Gasteiger partial charge >= 0.3 is 15.6 Å². The fourth-order valence-electron chi connectivity index (χ4n) is 2.06. The van der Waals surface area contributed by atoms with E-state index in [-0.39, 0.29) is 6.04 Å². The summed E-state index contributed by atoms with van der Waals surface area (Å²) in [5.41, 5.74) is 7.74. The fourth-order valence-corrected chi connectivity index (χ4v) is 2.06. The smallest absolute Gasteiger partial charge is 0.466 e. The standard InChI is InChI=1S/C15H21N3O.2H3O4P/c1-11(16)5-3-7-17-14-10-13(19-2)9-12-6-4-8-18-15(12)14;2*1-5(2,3)4/h4,6,8-11,17H,3,5,7,16H2,1-2H3;2*(H3,1,2,3,4). The van der Waals surface area contributed by atoms with Crippen LogP contribution in [-0.4, -0.2) is 54.0 Å². The van der Waals surface area contributed by atoms with Crippen molar-refractivity contribution in [1.82, 2.24) is 4.98 Å². The first-order valence-corrected chi connectivity index (χ1v) is 11.3. The topological polar surface area (TPSA) is 216 Å². The highest BCUT2D eigenvalue weighted by molar-refractivity contribution is 7.45. The van der Waals surface area contributed by atoms with Crippen LogP contribution in [0.4, 0.5) is 5.69 Å². The molecule has 0 saturated carbocycles. The summed E-state index contributed by atoms with van der Waals surface area (Å²) in [5, 5.41) is 4.50. The molecule has 12 nitrogen and oxygen atoms in total. The largest absolute Gasteiger partial charge is 0.497 e. The number of fused-ring (bicyclic) bond motifs is 1. The second-order valence-electron chi connectivity index (χ2n) is 5.82. The Kier molecular flexibility index (Phi) is 12.2. The van der Waals surface area contributed by atoms with Crippen LogP contribution in [0.3, 0.4) is 0 Å². The number of ether oxygens (including phenoxy) is 1. The minimum atomic E-state index is -4.64. The number of pyridine rings is 1. The van der Waals surface area contributed by atoms with Crippen LogP contribution in [0.25, 0.3) is 10.9 Å². The second-order valence-corrected chi connectivity index (χ2v) is 7.88. The number of methoxy groups -OCH3 is 1. The van der Waals surface area contributed by atoms with E-state index in [1.54, 1.807) is 7.11 Å². The number of aromatic nitrogens is 1. The van der Waals surface area contributed by atoms with Crippen molar-refractivity contribution in [2.45, 2.75) is 25.8 Å². The molecular formula is C15H27N3O9P2. The molecule has 0 radical (unpaired) electrons. The average molecular weight is 455 g/mol. The zero-order chi connectivity index (χ0) is 22.7. The number of nitrogens with two attached hydrogens (primary N) is 1. The maximum absolute atomic E-state index is 8.88. The van der Waals surface area contributed by atoms with E-state index in [2.05, 4.69) is 10.3 Å². The number of anilines is 1. The number of nitrogens with zero attached hydrogens (tertiary/aromatic N) is 1. The van der Waals surface area contributed by atoms with Crippen molar-refractivity contribution in [3.05, 3.63) is 30.5 Å². The Labute approximate surface area is 167 Å². The van der Waals surface area contributed by atoms with Crippen molar-refractivity contribution >= 4 is 32.2 Å². The molecule has 1 aromatic heterocycles. The Morgan fingerprint density at radius 3 is 2.17 bits per heavy atom. The van der Waals surface area contributed by atoms with Gasteiger partial charge in [0, 0.05) is 30.2 Å². The molecule has 166 valence electrons. The Hall–Kier alpha value is -1.59. The van der Waals surface area contributed by atoms with E-state index in [1.165, 1.54) is 0 Å². The van der Waals surface area contributed by atoms with E-state index in [1.807, 2.05) is 37.4 Å². The van der Waals surface area contributed by atoms with Gasteiger partial charge in [0.2, 0.25) is 0 Å². The van der Waals surface area contributed by atoms with E-state index in [4.69, 9.17) is 49.0 Å². The van der Waals surface area contributed by atoms with Gasteiger partial charge in [-0.3, -0.25) is 4.98 Å². The lowest BCUT2D eigenvalue weighted by molar-refractivity contribution is 0.272. The third-order valence-electron chi connectivity index (χ3n) is 3.07. The first kappa shape index (κ1) is 27.4. The van der Waals surface area contributed by atoms with Gasteiger partial charge in [0.05, 0.1) is 18.3 Å². The van der Waals surface area contributed by atoms with E-state index < -0.39 is 15.6 Å². The highest BCUT2D eigenvalue weighted by Crippen LogP contribution is 2.28. The number of rotatable bonds is 6. The zero-order valence-electron chi connectivity index (χ0n) is 15.9. The number of hydrogen-bond acceptors (Lipinski definition) is 6. The molecule has 0 spiro atoms. The van der Waals surface area contributed by atoms with Crippen LogP contribution in [-0.2, 0) is 9.13 Å². The van der Waals surface area contributed by atoms with Crippen LogP contribution in [0.5, 0.6) is 5.75 Å². The van der Waals surface area contributed by atoms with Crippen molar-refractivity contribution in [2.75, 3.05) is 19.0 Å². The second kappa shape index (κ2) is 12.9. The normalized spacial score (nSPS) is 12.2. The summed E-state index contributed by atoms with van der Waals surface area (Å²) in [5.74, 6) is 0.843. The SMILES string of the molecule is COc1cc(NCCCC(C)N)c2ncccc2c1.O=P(O)(O)O.O=P(O)(O)O. The lowest BCUT2D eigenvalue weighted by Crippen LogP contribution is -2.16. The molecule has 0 aliphatic rings. The predicted molar refractivity (Wildman–Crippen MR) is 108 cm³/mol. The number of phosphoric acid groups is 2. The molecule has 1 aromatic carbocycles. The van der Waals surface area contributed by atoms with Crippen molar-refractivity contribution in [3.63, 3.8) is 0 Å². The minimum Gasteiger partial charge on any atom is -0.497 e. The first-order valence-electron chi connectivity index (χ1n) is 8.19. The molecule has 0 saturated heterocycles. The lowest BCUT2D eigenvalue weighted by Gasteiger charge is -2.12. The Balaban J connectivity index is 0.000000653. The minimum absolute atomic E-state index is 0.252. The summed E-state index contributed by atoms with van der Waals surface area (Å²) in [6.07, 6.45) is 3.87. The van der Waals surface area contributed by atoms with Crippen molar-refractivity contribution < 1.29 is 43.2 Å². The third kappa shape index (κ3) is 17.0. The van der Waals surface area contributed by atoms with E-state index in [9.17, 15) is 0 Å². The van der Waals surface area contributed by atoms with Gasteiger partial charge in [-0.05, 0) is 31.9 Å². The number of nitrogens with one attached hydrogen (secondary N) is 1. The van der Waals surface area contributed by atoms with Crippen molar-refractivity contribution in [1.29, 1.82) is 0 Å². The van der Waals surface area contributed by atoms with Gasteiger partial charge in [0.25, 0.3) is 0 Å². The summed E-state index contributed by atoms with van der Waals surface area (Å²) >= 11 is 0. The highest BCUT2D eigenvalue weighted by Gasteiger charge is 2.05. The lowest BCUT2D eigenvalue weighted by atomic mass is 10.1. The highest BCUT2D eigenvalue weighted by atomic mass is 31.2. The Morgan fingerprint density at radius 1 is 1.14 bits per heavy atom. The maximum atomic E-state index is 8.88. The van der Waals surface area contributed by atoms with Gasteiger partial charge in [0.15, 0.2) is 0 Å². The summed E-state index contributed by atoms with van der Waals surface area (Å²) in [6, 6.07) is 8.21. The summed E-state index contributed by atoms with van der Waals surface area (Å²) in [6.45, 7) is 2.92. The number of benzene rings is 1. The third-order valence-corrected chi connectivity index (χ3v) is 3.07. The molecular weight excluding hydrogens is 428 g/mol. The molecule has 14 heteroatoms. The quantitative estimate of drug-likeness (QED) is 0.225. The summed E-state index contributed by atoms with van der Waals surface area (Å²) in [4.78, 5) is 47.6. The molecule has 0 bridgehead atoms. The summed E-state index contributed by atoms with van der Waals surface area (Å²) < 4.78 is 23.1. The summed E-state index contributed by atoms with van der Waals surface area (Å²) in [7, 11) is -7.60. The van der Waals surface area contributed by atoms with Crippen molar-refractivity contribution in [3.8, 4) is 5.75 Å². The van der Waals surface area contributed by atoms with Gasteiger partial charge in [-0.25, -0.2) is 9.13 Å². The predicted octanol–water partition coefficient (Wildman–Crippen LogP) is 0.926. The van der Waals surface area contributed by atoms with Gasteiger partial charge in [-0.15, -0.1) is 0 Å². The molecule has 9 N–H and O–H groups in total. The molecule has 0 amide bonds. The molecule has 2 rings (SSSR count). The van der Waals surface area contributed by atoms with Gasteiger partial charge < -0.3 is 45.1 Å². The van der Waals surface area contributed by atoms with Crippen LogP contribution < -0.4 is 15.8 Å². The van der Waals surface area contributed by atoms with Crippen LogP contribution in [0, 0.1) is 0 Å². The Bertz CT molecular complexity index is 802. The molecule has 0 aliphatic heterocycles. The van der Waals surface area contributed by atoms with Crippen LogP contribution in [0.1, 0.15) is 19.8 Å². The molecule has 1 heterocycles. The van der Waals surface area contributed by atoms with Crippen LogP contribution in [0.15, 0.2) is 30.5 Å². The van der Waals surface area contributed by atoms with E-state index in [0.29, 0.717) is 0 Å². The molecule has 1 atom stereocenters. The van der Waals surface area contributed by atoms with Crippen molar-refractivity contribution in [2.24, 2.45) is 5.73 Å². The maximum Gasteiger partial charge on any atom is 0.466 e. The van der Waals surface area contributed by atoms with Crippen LogP contribution >= 0.6 is 15.6 Å². The van der Waals surface area contributed by atoms with Gasteiger partial charge in [-0.1, -0.05) is 6.07 Å². The molecule has 2 aromatic rings. The van der Waals surface area contributed by atoms with Gasteiger partial charge in [0.1, 0.15) is 5.75 Å².